The Hall–Kier alpha value is -1.18. The summed E-state index contributed by atoms with van der Waals surface area (Å²) in [6.07, 6.45) is 2.38. The number of nitrogens with zero attached hydrogens (tertiary/aromatic N) is 2. The molecule has 23 heavy (non-hydrogen) atoms. The van der Waals surface area contributed by atoms with Gasteiger partial charge < -0.3 is 20.1 Å². The largest absolute Gasteiger partial charge is 0.493 e. The molecule has 0 spiro atoms. The van der Waals surface area contributed by atoms with Crippen LogP contribution < -0.4 is 15.2 Å². The lowest BCUT2D eigenvalue weighted by atomic mass is 10.00. The lowest BCUT2D eigenvalue weighted by Crippen LogP contribution is -2.42. The number of aliphatic imine (C=N–C) groups is 1. The minimum atomic E-state index is 0. The van der Waals surface area contributed by atoms with Gasteiger partial charge in [-0.05, 0) is 43.4 Å². The van der Waals surface area contributed by atoms with Crippen LogP contribution in [0.25, 0.3) is 0 Å². The fourth-order valence-corrected chi connectivity index (χ4v) is 2.60. The van der Waals surface area contributed by atoms with Crippen molar-refractivity contribution < 1.29 is 9.47 Å². The third kappa shape index (κ3) is 5.75. The first-order chi connectivity index (χ1) is 10.6. The first-order valence-electron chi connectivity index (χ1n) is 7.98. The third-order valence-electron chi connectivity index (χ3n) is 4.06. The van der Waals surface area contributed by atoms with Gasteiger partial charge in [0.25, 0.3) is 0 Å². The molecule has 0 amide bonds. The van der Waals surface area contributed by atoms with E-state index >= 15 is 0 Å². The van der Waals surface area contributed by atoms with Crippen LogP contribution in [0.1, 0.15) is 32.3 Å². The van der Waals surface area contributed by atoms with Crippen LogP contribution >= 0.6 is 24.0 Å². The molecule has 1 aromatic carbocycles. The van der Waals surface area contributed by atoms with Crippen molar-refractivity contribution in [2.24, 2.45) is 16.6 Å². The third-order valence-corrected chi connectivity index (χ3v) is 4.06. The van der Waals surface area contributed by atoms with Crippen molar-refractivity contribution in [3.8, 4) is 11.5 Å². The average molecular weight is 433 g/mol. The topological polar surface area (TPSA) is 60.1 Å². The van der Waals surface area contributed by atoms with Crippen LogP contribution in [0.15, 0.2) is 23.2 Å². The first-order valence-corrected chi connectivity index (χ1v) is 7.98. The van der Waals surface area contributed by atoms with Crippen molar-refractivity contribution in [3.63, 3.8) is 0 Å². The van der Waals surface area contributed by atoms with E-state index in [4.69, 9.17) is 15.2 Å². The summed E-state index contributed by atoms with van der Waals surface area (Å²) in [4.78, 5) is 6.70. The number of methoxy groups -OCH3 is 1. The van der Waals surface area contributed by atoms with E-state index in [2.05, 4.69) is 16.8 Å². The predicted molar refractivity (Wildman–Crippen MR) is 105 cm³/mol. The number of ether oxygens (including phenoxy) is 2. The SMILES string of the molecule is CCOc1cc(CN=C(N)N2CCC(C)CC2)ccc1OC.I. The zero-order valence-electron chi connectivity index (χ0n) is 14.2. The van der Waals surface area contributed by atoms with Crippen molar-refractivity contribution in [1.29, 1.82) is 0 Å². The first kappa shape index (κ1) is 19.9. The minimum Gasteiger partial charge on any atom is -0.493 e. The lowest BCUT2D eigenvalue weighted by Gasteiger charge is -2.31. The Labute approximate surface area is 156 Å². The summed E-state index contributed by atoms with van der Waals surface area (Å²) in [6, 6.07) is 5.88. The Balaban J connectivity index is 0.00000264. The van der Waals surface area contributed by atoms with Crippen LogP contribution in [0.2, 0.25) is 0 Å². The Bertz CT molecular complexity index is 515. The molecule has 1 heterocycles. The van der Waals surface area contributed by atoms with Gasteiger partial charge in [0, 0.05) is 13.1 Å². The second-order valence-electron chi connectivity index (χ2n) is 5.76. The smallest absolute Gasteiger partial charge is 0.191 e. The molecule has 0 aliphatic carbocycles. The van der Waals surface area contributed by atoms with Crippen LogP contribution in [-0.4, -0.2) is 37.7 Å². The number of nitrogens with two attached hydrogens (primary N) is 1. The molecular weight excluding hydrogens is 405 g/mol. The van der Waals surface area contributed by atoms with Gasteiger partial charge in [0.2, 0.25) is 0 Å². The minimum absolute atomic E-state index is 0. The Morgan fingerprint density at radius 3 is 2.61 bits per heavy atom. The van der Waals surface area contributed by atoms with Crippen molar-refractivity contribution in [3.05, 3.63) is 23.8 Å². The summed E-state index contributed by atoms with van der Waals surface area (Å²) in [5.41, 5.74) is 7.18. The van der Waals surface area contributed by atoms with Gasteiger partial charge in [-0.1, -0.05) is 13.0 Å². The van der Waals surface area contributed by atoms with E-state index in [0.717, 1.165) is 36.1 Å². The van der Waals surface area contributed by atoms with Crippen molar-refractivity contribution in [2.75, 3.05) is 26.8 Å². The summed E-state index contributed by atoms with van der Waals surface area (Å²) in [6.45, 7) is 7.42. The van der Waals surface area contributed by atoms with E-state index in [1.807, 2.05) is 25.1 Å². The van der Waals surface area contributed by atoms with E-state index in [-0.39, 0.29) is 24.0 Å². The summed E-state index contributed by atoms with van der Waals surface area (Å²) in [7, 11) is 1.64. The van der Waals surface area contributed by atoms with Gasteiger partial charge in [0.15, 0.2) is 17.5 Å². The zero-order chi connectivity index (χ0) is 15.9. The van der Waals surface area contributed by atoms with Gasteiger partial charge in [-0.25, -0.2) is 4.99 Å². The van der Waals surface area contributed by atoms with Crippen LogP contribution in [0.4, 0.5) is 0 Å². The Morgan fingerprint density at radius 1 is 1.30 bits per heavy atom. The maximum atomic E-state index is 6.11. The van der Waals surface area contributed by atoms with Crippen LogP contribution in [0, 0.1) is 5.92 Å². The molecule has 2 N–H and O–H groups in total. The molecule has 1 aliphatic rings. The molecule has 0 aromatic heterocycles. The van der Waals surface area contributed by atoms with Gasteiger partial charge in [-0.2, -0.15) is 0 Å². The number of piperidine rings is 1. The number of hydrogen-bond acceptors (Lipinski definition) is 3. The number of guanidine groups is 1. The summed E-state index contributed by atoms with van der Waals surface area (Å²) < 4.78 is 10.9. The molecular formula is C17H28IN3O2. The number of benzene rings is 1. The highest BCUT2D eigenvalue weighted by atomic mass is 127. The molecule has 1 aliphatic heterocycles. The molecule has 1 aromatic rings. The standard InChI is InChI=1S/C17H27N3O2.HI/c1-4-22-16-11-14(5-6-15(16)21-3)12-19-17(18)20-9-7-13(2)8-10-20;/h5-6,11,13H,4,7-10,12H2,1-3H3,(H2,18,19);1H. The second kappa shape index (κ2) is 9.85. The molecule has 0 saturated carbocycles. The molecule has 130 valence electrons. The lowest BCUT2D eigenvalue weighted by molar-refractivity contribution is 0.277. The summed E-state index contributed by atoms with van der Waals surface area (Å²) in [5, 5.41) is 0. The van der Waals surface area contributed by atoms with Crippen molar-refractivity contribution in [1.82, 2.24) is 4.90 Å². The van der Waals surface area contributed by atoms with E-state index in [9.17, 15) is 0 Å². The van der Waals surface area contributed by atoms with Gasteiger partial charge in [0.05, 0.1) is 20.3 Å². The number of hydrogen-bond donors (Lipinski definition) is 1. The van der Waals surface area contributed by atoms with Crippen LogP contribution in [0.5, 0.6) is 11.5 Å². The maximum absolute atomic E-state index is 6.11. The number of rotatable bonds is 5. The summed E-state index contributed by atoms with van der Waals surface area (Å²) in [5.74, 6) is 2.93. The number of halogens is 1. The zero-order valence-corrected chi connectivity index (χ0v) is 16.6. The van der Waals surface area contributed by atoms with Gasteiger partial charge in [-0.15, -0.1) is 24.0 Å². The van der Waals surface area contributed by atoms with Gasteiger partial charge in [-0.3, -0.25) is 0 Å². The highest BCUT2D eigenvalue weighted by Crippen LogP contribution is 2.28. The van der Waals surface area contributed by atoms with Gasteiger partial charge in [0.1, 0.15) is 0 Å². The molecule has 0 radical (unpaired) electrons. The molecule has 1 fully saturated rings. The highest BCUT2D eigenvalue weighted by molar-refractivity contribution is 14.0. The highest BCUT2D eigenvalue weighted by Gasteiger charge is 2.16. The molecule has 0 atom stereocenters. The fourth-order valence-electron chi connectivity index (χ4n) is 2.60. The molecule has 6 heteroatoms. The summed E-state index contributed by atoms with van der Waals surface area (Å²) >= 11 is 0. The maximum Gasteiger partial charge on any atom is 0.191 e. The molecule has 2 rings (SSSR count). The van der Waals surface area contributed by atoms with E-state index in [0.29, 0.717) is 19.1 Å². The molecule has 0 bridgehead atoms. The normalized spacial score (nSPS) is 16.0. The van der Waals surface area contributed by atoms with E-state index < -0.39 is 0 Å². The van der Waals surface area contributed by atoms with Crippen molar-refractivity contribution >= 4 is 29.9 Å². The Morgan fingerprint density at radius 2 is 2.00 bits per heavy atom. The molecule has 1 saturated heterocycles. The number of likely N-dealkylation sites (tertiary alicyclic amines) is 1. The van der Waals surface area contributed by atoms with Crippen molar-refractivity contribution in [2.45, 2.75) is 33.2 Å². The Kier molecular flexibility index (Phi) is 8.51. The van der Waals surface area contributed by atoms with E-state index in [1.165, 1.54) is 12.8 Å². The van der Waals surface area contributed by atoms with Gasteiger partial charge >= 0.3 is 0 Å². The predicted octanol–water partition coefficient (Wildman–Crippen LogP) is 3.26. The van der Waals surface area contributed by atoms with Crippen LogP contribution in [0.3, 0.4) is 0 Å². The second-order valence-corrected chi connectivity index (χ2v) is 5.76. The average Bonchev–Trinajstić information content (AvgIpc) is 2.54. The molecule has 0 unspecified atom stereocenters. The monoisotopic (exact) mass is 433 g/mol. The molecule has 5 nitrogen and oxygen atoms in total. The quantitative estimate of drug-likeness (QED) is 0.440. The van der Waals surface area contributed by atoms with E-state index in [1.54, 1.807) is 7.11 Å². The fraction of sp³-hybridized carbons (Fsp3) is 0.588. The van der Waals surface area contributed by atoms with Crippen LogP contribution in [-0.2, 0) is 6.54 Å².